The van der Waals surface area contributed by atoms with Crippen LogP contribution in [0.5, 0.6) is 0 Å². The van der Waals surface area contributed by atoms with Crippen LogP contribution in [0.25, 0.3) is 0 Å². The topological polar surface area (TPSA) is 40.5 Å². The van der Waals surface area contributed by atoms with E-state index in [4.69, 9.17) is 5.11 Å². The monoisotopic (exact) mass is 253 g/mol. The number of carbonyl (C=O) groups excluding carboxylic acids is 1. The number of carbonyl (C=O) groups is 1. The Morgan fingerprint density at radius 1 is 1.53 bits per heavy atom. The van der Waals surface area contributed by atoms with Crippen molar-refractivity contribution >= 4 is 17.2 Å². The zero-order valence-electron chi connectivity index (χ0n) is 10.2. The molecule has 94 valence electrons. The zero-order chi connectivity index (χ0) is 12.3. The molecule has 0 atom stereocenters. The molecule has 0 radical (unpaired) electrons. The number of rotatable bonds is 5. The molecule has 1 heterocycles. The fourth-order valence-corrected chi connectivity index (χ4v) is 2.90. The van der Waals surface area contributed by atoms with E-state index in [1.165, 1.54) is 11.3 Å². The third kappa shape index (κ3) is 2.87. The third-order valence-electron chi connectivity index (χ3n) is 3.28. The number of aliphatic hydroxyl groups is 1. The van der Waals surface area contributed by atoms with Crippen LogP contribution in [0.4, 0.5) is 0 Å². The summed E-state index contributed by atoms with van der Waals surface area (Å²) in [6.07, 6.45) is 4.12. The van der Waals surface area contributed by atoms with Crippen molar-refractivity contribution in [2.24, 2.45) is 0 Å². The Morgan fingerprint density at radius 2 is 2.29 bits per heavy atom. The van der Waals surface area contributed by atoms with Crippen LogP contribution in [-0.4, -0.2) is 35.1 Å². The van der Waals surface area contributed by atoms with Gasteiger partial charge in [0.05, 0.1) is 4.88 Å². The number of thiophene rings is 1. The standard InChI is InChI=1S/C13H19NO2S/c1-10-6-7-12(17-10)13(16)14(8-3-9-15)11-4-2-5-11/h6-7,11,15H,2-5,8-9H2,1H3. The molecule has 1 fully saturated rings. The second-order valence-corrected chi connectivity index (χ2v) is 5.86. The average molecular weight is 253 g/mol. The highest BCUT2D eigenvalue weighted by Crippen LogP contribution is 2.27. The number of hydrogen-bond donors (Lipinski definition) is 1. The van der Waals surface area contributed by atoms with Gasteiger partial charge in [0.1, 0.15) is 0 Å². The molecule has 1 aliphatic rings. The number of aliphatic hydroxyl groups excluding tert-OH is 1. The van der Waals surface area contributed by atoms with E-state index in [0.717, 1.165) is 17.7 Å². The van der Waals surface area contributed by atoms with Gasteiger partial charge in [-0.1, -0.05) is 0 Å². The van der Waals surface area contributed by atoms with Gasteiger partial charge in [-0.2, -0.15) is 0 Å². The fourth-order valence-electron chi connectivity index (χ4n) is 2.08. The first-order chi connectivity index (χ1) is 8.22. The minimum absolute atomic E-state index is 0.140. The van der Waals surface area contributed by atoms with Gasteiger partial charge in [0.25, 0.3) is 5.91 Å². The molecular formula is C13H19NO2S. The van der Waals surface area contributed by atoms with Crippen LogP contribution in [0, 0.1) is 6.92 Å². The average Bonchev–Trinajstić information content (AvgIpc) is 2.67. The van der Waals surface area contributed by atoms with Crippen molar-refractivity contribution in [3.8, 4) is 0 Å². The Kier molecular flexibility index (Phi) is 4.18. The summed E-state index contributed by atoms with van der Waals surface area (Å²) in [5.74, 6) is 0.140. The summed E-state index contributed by atoms with van der Waals surface area (Å²) in [5.41, 5.74) is 0. The maximum Gasteiger partial charge on any atom is 0.264 e. The smallest absolute Gasteiger partial charge is 0.264 e. The Bertz CT molecular complexity index is 385. The summed E-state index contributed by atoms with van der Waals surface area (Å²) in [6, 6.07) is 4.30. The third-order valence-corrected chi connectivity index (χ3v) is 4.27. The first-order valence-corrected chi connectivity index (χ1v) is 7.02. The molecule has 0 unspecified atom stereocenters. The Morgan fingerprint density at radius 3 is 2.76 bits per heavy atom. The molecule has 1 amide bonds. The molecule has 4 heteroatoms. The normalized spacial score (nSPS) is 15.6. The van der Waals surface area contributed by atoms with Crippen molar-refractivity contribution in [3.63, 3.8) is 0 Å². The molecule has 0 bridgehead atoms. The van der Waals surface area contributed by atoms with Crippen LogP contribution >= 0.6 is 11.3 Å². The van der Waals surface area contributed by atoms with Crippen LogP contribution in [0.3, 0.4) is 0 Å². The van der Waals surface area contributed by atoms with Crippen LogP contribution in [0.1, 0.15) is 40.2 Å². The van der Waals surface area contributed by atoms with Gasteiger partial charge in [-0.05, 0) is 44.7 Å². The van der Waals surface area contributed by atoms with Gasteiger partial charge in [-0.25, -0.2) is 0 Å². The summed E-state index contributed by atoms with van der Waals surface area (Å²) in [4.78, 5) is 16.3. The zero-order valence-corrected chi connectivity index (χ0v) is 11.0. The van der Waals surface area contributed by atoms with Crippen LogP contribution in [-0.2, 0) is 0 Å². The van der Waals surface area contributed by atoms with Gasteiger partial charge < -0.3 is 10.0 Å². The lowest BCUT2D eigenvalue weighted by atomic mass is 9.91. The van der Waals surface area contributed by atoms with Crippen LogP contribution in [0.15, 0.2) is 12.1 Å². The molecule has 1 saturated carbocycles. The lowest BCUT2D eigenvalue weighted by Gasteiger charge is -2.37. The molecule has 2 rings (SSSR count). The molecule has 0 aromatic carbocycles. The Balaban J connectivity index is 2.06. The fraction of sp³-hybridized carbons (Fsp3) is 0.615. The highest BCUT2D eigenvalue weighted by atomic mass is 32.1. The highest BCUT2D eigenvalue weighted by molar-refractivity contribution is 7.13. The molecule has 3 nitrogen and oxygen atoms in total. The summed E-state index contributed by atoms with van der Waals surface area (Å²) < 4.78 is 0. The SMILES string of the molecule is Cc1ccc(C(=O)N(CCCO)C2CCC2)s1. The minimum Gasteiger partial charge on any atom is -0.396 e. The van der Waals surface area contributed by atoms with Crippen molar-refractivity contribution < 1.29 is 9.90 Å². The van der Waals surface area contributed by atoms with Gasteiger partial charge in [0, 0.05) is 24.1 Å². The first kappa shape index (κ1) is 12.6. The van der Waals surface area contributed by atoms with E-state index in [1.54, 1.807) is 11.3 Å². The maximum atomic E-state index is 12.4. The van der Waals surface area contributed by atoms with E-state index in [2.05, 4.69) is 0 Å². The van der Waals surface area contributed by atoms with Crippen molar-refractivity contribution in [1.29, 1.82) is 0 Å². The van der Waals surface area contributed by atoms with Crippen LogP contribution in [0.2, 0.25) is 0 Å². The maximum absolute atomic E-state index is 12.4. The quantitative estimate of drug-likeness (QED) is 0.875. The molecule has 0 spiro atoms. The van der Waals surface area contributed by atoms with E-state index >= 15 is 0 Å². The van der Waals surface area contributed by atoms with Gasteiger partial charge in [-0.15, -0.1) is 11.3 Å². The number of nitrogens with zero attached hydrogens (tertiary/aromatic N) is 1. The van der Waals surface area contributed by atoms with Gasteiger partial charge >= 0.3 is 0 Å². The minimum atomic E-state index is 0.140. The Labute approximate surface area is 106 Å². The predicted molar refractivity (Wildman–Crippen MR) is 69.4 cm³/mol. The molecular weight excluding hydrogens is 234 g/mol. The second-order valence-electron chi connectivity index (χ2n) is 4.57. The van der Waals surface area contributed by atoms with Gasteiger partial charge in [0.2, 0.25) is 0 Å². The summed E-state index contributed by atoms with van der Waals surface area (Å²) >= 11 is 1.56. The molecule has 1 aliphatic carbocycles. The van der Waals surface area contributed by atoms with Crippen molar-refractivity contribution in [3.05, 3.63) is 21.9 Å². The van der Waals surface area contributed by atoms with E-state index in [1.807, 2.05) is 24.0 Å². The molecule has 1 aromatic heterocycles. The molecule has 1 aromatic rings. The summed E-state index contributed by atoms with van der Waals surface area (Å²) in [7, 11) is 0. The number of aryl methyl sites for hydroxylation is 1. The number of hydrogen-bond acceptors (Lipinski definition) is 3. The molecule has 0 aliphatic heterocycles. The lowest BCUT2D eigenvalue weighted by molar-refractivity contribution is 0.0567. The van der Waals surface area contributed by atoms with E-state index in [-0.39, 0.29) is 12.5 Å². The van der Waals surface area contributed by atoms with Crippen LogP contribution < -0.4 is 0 Å². The first-order valence-electron chi connectivity index (χ1n) is 6.20. The summed E-state index contributed by atoms with van der Waals surface area (Å²) in [5, 5.41) is 8.91. The van der Waals surface area contributed by atoms with Crippen molar-refractivity contribution in [2.45, 2.75) is 38.6 Å². The Hall–Kier alpha value is -0.870. The second kappa shape index (κ2) is 5.65. The largest absolute Gasteiger partial charge is 0.396 e. The van der Waals surface area contributed by atoms with Gasteiger partial charge in [0.15, 0.2) is 0 Å². The lowest BCUT2D eigenvalue weighted by Crippen LogP contribution is -2.44. The van der Waals surface area contributed by atoms with Gasteiger partial charge in [-0.3, -0.25) is 4.79 Å². The van der Waals surface area contributed by atoms with E-state index in [9.17, 15) is 4.79 Å². The predicted octanol–water partition coefficient (Wildman–Crippen LogP) is 2.43. The summed E-state index contributed by atoms with van der Waals surface area (Å²) in [6.45, 7) is 2.85. The van der Waals surface area contributed by atoms with Crippen molar-refractivity contribution in [2.75, 3.05) is 13.2 Å². The molecule has 1 N–H and O–H groups in total. The highest BCUT2D eigenvalue weighted by Gasteiger charge is 2.29. The number of amides is 1. The molecule has 0 saturated heterocycles. The molecule has 17 heavy (non-hydrogen) atoms. The van der Waals surface area contributed by atoms with E-state index < -0.39 is 0 Å². The van der Waals surface area contributed by atoms with Crippen molar-refractivity contribution in [1.82, 2.24) is 4.90 Å². The van der Waals surface area contributed by atoms with E-state index in [0.29, 0.717) is 19.0 Å².